The molecule has 29 heavy (non-hydrogen) atoms. The molecule has 0 saturated heterocycles. The lowest BCUT2D eigenvalue weighted by atomic mass is 9.96. The average Bonchev–Trinajstić information content (AvgIpc) is 2.69. The van der Waals surface area contributed by atoms with Crippen LogP contribution >= 0.6 is 0 Å². The largest absolute Gasteiger partial charge is 0.497 e. The molecule has 2 aromatic rings. The number of hydrogen-bond acceptors (Lipinski definition) is 3. The van der Waals surface area contributed by atoms with Crippen LogP contribution < -0.4 is 15.4 Å². The highest BCUT2D eigenvalue weighted by Gasteiger charge is 2.22. The number of carbonyl (C=O) groups excluding carboxylic acids is 2. The summed E-state index contributed by atoms with van der Waals surface area (Å²) in [4.78, 5) is 26.1. The topological polar surface area (TPSA) is 75.2 Å². The maximum Gasteiger partial charge on any atom is 0.277 e. The lowest BCUT2D eigenvalue weighted by Gasteiger charge is -2.21. The third-order valence-corrected chi connectivity index (χ3v) is 4.68. The summed E-state index contributed by atoms with van der Waals surface area (Å²) in [6.45, 7) is 4.26. The number of rotatable bonds is 9. The first-order valence-electron chi connectivity index (χ1n) is 9.56. The lowest BCUT2D eigenvalue weighted by molar-refractivity contribution is -0.692. The van der Waals surface area contributed by atoms with Gasteiger partial charge in [0, 0.05) is 30.3 Å². The van der Waals surface area contributed by atoms with Crippen molar-refractivity contribution in [2.24, 2.45) is 5.92 Å². The molecule has 0 aromatic heterocycles. The van der Waals surface area contributed by atoms with Crippen LogP contribution in [0.4, 0.5) is 10.1 Å². The van der Waals surface area contributed by atoms with Gasteiger partial charge in [0.25, 0.3) is 5.91 Å². The van der Waals surface area contributed by atoms with E-state index < -0.39 is 0 Å². The molecule has 0 aliphatic carbocycles. The van der Waals surface area contributed by atoms with Gasteiger partial charge in [-0.1, -0.05) is 32.0 Å². The Morgan fingerprint density at radius 2 is 1.86 bits per heavy atom. The first kappa shape index (κ1) is 22.4. The summed E-state index contributed by atoms with van der Waals surface area (Å²) in [5, 5.41) is 4.69. The van der Waals surface area contributed by atoms with Crippen molar-refractivity contribution >= 4 is 17.5 Å². The highest BCUT2D eigenvalue weighted by molar-refractivity contribution is 5.94. The van der Waals surface area contributed by atoms with Crippen molar-refractivity contribution in [2.75, 3.05) is 32.6 Å². The number of amides is 2. The first-order valence-corrected chi connectivity index (χ1v) is 9.56. The fraction of sp³-hybridized carbons (Fsp3) is 0.364. The number of nitrogens with one attached hydrogen (secondary N) is 1. The Bertz CT molecular complexity index is 824. The molecule has 2 aromatic carbocycles. The van der Waals surface area contributed by atoms with Gasteiger partial charge in [-0.25, -0.2) is 4.39 Å². The van der Waals surface area contributed by atoms with Gasteiger partial charge in [0.05, 0.1) is 13.7 Å². The van der Waals surface area contributed by atoms with Gasteiger partial charge in [-0.05, 0) is 24.3 Å². The zero-order chi connectivity index (χ0) is 21.4. The molecule has 0 heterocycles. The lowest BCUT2D eigenvalue weighted by Crippen LogP contribution is -2.88. The van der Waals surface area contributed by atoms with E-state index in [9.17, 15) is 14.0 Å². The maximum absolute atomic E-state index is 13.2. The number of benzene rings is 2. The Morgan fingerprint density at radius 3 is 2.48 bits per heavy atom. The molecule has 0 aliphatic heterocycles. The van der Waals surface area contributed by atoms with Gasteiger partial charge in [0.15, 0.2) is 6.54 Å². The number of carbonyl (C=O) groups is 2. The first-order chi connectivity index (χ1) is 13.8. The van der Waals surface area contributed by atoms with Crippen LogP contribution in [-0.4, -0.2) is 44.0 Å². The van der Waals surface area contributed by atoms with E-state index in [0.29, 0.717) is 11.4 Å². The van der Waals surface area contributed by atoms with E-state index in [1.54, 1.807) is 50.6 Å². The SMILES string of the molecule is COc1cccc(NC(=O)CN(C)C(=O)C[NH2+][C@@H](c2ccc(F)cc2)C(C)C)c1. The molecule has 7 heteroatoms. The van der Waals surface area contributed by atoms with E-state index >= 15 is 0 Å². The molecule has 1 atom stereocenters. The summed E-state index contributed by atoms with van der Waals surface area (Å²) in [6.07, 6.45) is 0. The van der Waals surface area contributed by atoms with Crippen molar-refractivity contribution in [2.45, 2.75) is 19.9 Å². The van der Waals surface area contributed by atoms with E-state index in [1.165, 1.54) is 17.0 Å². The monoisotopic (exact) mass is 402 g/mol. The molecular formula is C22H29FN3O3+. The molecule has 0 fully saturated rings. The third-order valence-electron chi connectivity index (χ3n) is 4.68. The average molecular weight is 402 g/mol. The van der Waals surface area contributed by atoms with Crippen LogP contribution in [0.15, 0.2) is 48.5 Å². The number of nitrogens with zero attached hydrogens (tertiary/aromatic N) is 1. The fourth-order valence-corrected chi connectivity index (χ4v) is 3.07. The molecule has 6 nitrogen and oxygen atoms in total. The van der Waals surface area contributed by atoms with Crippen LogP contribution in [0.2, 0.25) is 0 Å². The van der Waals surface area contributed by atoms with E-state index in [0.717, 1.165) is 5.56 Å². The van der Waals surface area contributed by atoms with Gasteiger partial charge in [0.2, 0.25) is 5.91 Å². The number of nitrogens with two attached hydrogens (primary N) is 1. The van der Waals surface area contributed by atoms with Gasteiger partial charge in [-0.15, -0.1) is 0 Å². The van der Waals surface area contributed by atoms with Gasteiger partial charge >= 0.3 is 0 Å². The fourth-order valence-electron chi connectivity index (χ4n) is 3.07. The summed E-state index contributed by atoms with van der Waals surface area (Å²) >= 11 is 0. The van der Waals surface area contributed by atoms with Crippen LogP contribution in [0.3, 0.4) is 0 Å². The number of quaternary nitrogens is 1. The highest BCUT2D eigenvalue weighted by Crippen LogP contribution is 2.18. The normalized spacial score (nSPS) is 11.8. The molecular weight excluding hydrogens is 373 g/mol. The van der Waals surface area contributed by atoms with Gasteiger partial charge < -0.3 is 20.3 Å². The minimum absolute atomic E-state index is 0.0264. The Kier molecular flexibility index (Phi) is 8.15. The van der Waals surface area contributed by atoms with Crippen molar-refractivity contribution in [3.8, 4) is 5.75 Å². The van der Waals surface area contributed by atoms with Gasteiger partial charge in [0.1, 0.15) is 17.6 Å². The zero-order valence-corrected chi connectivity index (χ0v) is 17.3. The van der Waals surface area contributed by atoms with Crippen LogP contribution in [0.25, 0.3) is 0 Å². The number of hydrogen-bond donors (Lipinski definition) is 2. The molecule has 0 saturated carbocycles. The quantitative estimate of drug-likeness (QED) is 0.675. The van der Waals surface area contributed by atoms with Crippen molar-refractivity contribution in [1.82, 2.24) is 4.90 Å². The molecule has 0 aliphatic rings. The van der Waals surface area contributed by atoms with Crippen LogP contribution in [0.5, 0.6) is 5.75 Å². The minimum Gasteiger partial charge on any atom is -0.497 e. The number of anilines is 1. The van der Waals surface area contributed by atoms with Crippen molar-refractivity contribution < 1.29 is 24.0 Å². The molecule has 2 amide bonds. The summed E-state index contributed by atoms with van der Waals surface area (Å²) in [6, 6.07) is 13.4. The van der Waals surface area contributed by atoms with Crippen LogP contribution in [-0.2, 0) is 9.59 Å². The standard InChI is InChI=1S/C22H28FN3O3/c1-15(2)22(16-8-10-17(23)11-9-16)24-13-21(28)26(3)14-20(27)25-18-6-5-7-19(12-18)29-4/h5-12,15,22,24H,13-14H2,1-4H3,(H,25,27)/p+1/t22-/m1/s1. The number of methoxy groups -OCH3 is 1. The second-order valence-corrected chi connectivity index (χ2v) is 7.29. The molecule has 0 radical (unpaired) electrons. The van der Waals surface area contributed by atoms with Crippen molar-refractivity contribution in [1.29, 1.82) is 0 Å². The predicted molar refractivity (Wildman–Crippen MR) is 110 cm³/mol. The Hall–Kier alpha value is -2.93. The molecule has 2 rings (SSSR count). The van der Waals surface area contributed by atoms with Gasteiger partial charge in [-0.2, -0.15) is 0 Å². The smallest absolute Gasteiger partial charge is 0.277 e. The molecule has 3 N–H and O–H groups in total. The van der Waals surface area contributed by atoms with Crippen molar-refractivity contribution in [3.63, 3.8) is 0 Å². The zero-order valence-electron chi connectivity index (χ0n) is 17.3. The molecule has 0 unspecified atom stereocenters. The summed E-state index contributed by atoms with van der Waals surface area (Å²) in [5.41, 5.74) is 1.57. The van der Waals surface area contributed by atoms with Crippen molar-refractivity contribution in [3.05, 3.63) is 59.9 Å². The van der Waals surface area contributed by atoms with E-state index in [2.05, 4.69) is 19.2 Å². The number of ether oxygens (including phenoxy) is 1. The maximum atomic E-state index is 13.2. The third kappa shape index (κ3) is 6.87. The van der Waals surface area contributed by atoms with E-state index in [4.69, 9.17) is 4.74 Å². The number of likely N-dealkylation sites (N-methyl/N-ethyl adjacent to an activating group) is 1. The summed E-state index contributed by atoms with van der Waals surface area (Å²) in [5.74, 6) is 0.179. The Labute approximate surface area is 171 Å². The van der Waals surface area contributed by atoms with E-state index in [1.807, 2.05) is 5.32 Å². The molecule has 0 bridgehead atoms. The Balaban J connectivity index is 1.88. The highest BCUT2D eigenvalue weighted by atomic mass is 19.1. The minimum atomic E-state index is -0.284. The predicted octanol–water partition coefficient (Wildman–Crippen LogP) is 2.19. The second kappa shape index (κ2) is 10.6. The summed E-state index contributed by atoms with van der Waals surface area (Å²) < 4.78 is 18.3. The Morgan fingerprint density at radius 1 is 1.17 bits per heavy atom. The van der Waals surface area contributed by atoms with Crippen LogP contribution in [0, 0.1) is 11.7 Å². The molecule has 0 spiro atoms. The van der Waals surface area contributed by atoms with Crippen LogP contribution in [0.1, 0.15) is 25.5 Å². The van der Waals surface area contributed by atoms with E-state index in [-0.39, 0.29) is 42.7 Å². The van der Waals surface area contributed by atoms with Gasteiger partial charge in [-0.3, -0.25) is 9.59 Å². The second-order valence-electron chi connectivity index (χ2n) is 7.29. The molecule has 156 valence electrons. The summed E-state index contributed by atoms with van der Waals surface area (Å²) in [7, 11) is 3.16. The number of halogens is 1.